The minimum absolute atomic E-state index is 0.222. The van der Waals surface area contributed by atoms with Crippen LogP contribution in [0, 0.1) is 10.9 Å². The Labute approximate surface area is 30.0 Å². The average molecular weight is 71.1 g/mol. The van der Waals surface area contributed by atoms with E-state index in [0.29, 0.717) is 0 Å². The highest BCUT2D eigenvalue weighted by Gasteiger charge is 1.56. The lowest BCUT2D eigenvalue weighted by atomic mass is 10.8. The minimum Gasteiger partial charge on any atom is -0.311 e. The van der Waals surface area contributed by atoms with E-state index in [0.717, 1.165) is 6.21 Å². The molecule has 0 aromatic heterocycles. The third-order valence-electron chi connectivity index (χ3n) is 0.183. The summed E-state index contributed by atoms with van der Waals surface area (Å²) in [5.74, 6) is 0. The Morgan fingerprint density at radius 2 is 2.40 bits per heavy atom. The number of nitrogens with zero attached hydrogens (tertiary/aromatic N) is 1. The first-order valence-electron chi connectivity index (χ1n) is 1.24. The second kappa shape index (κ2) is 3.27. The smallest absolute Gasteiger partial charge is 0.0941 e. The molecule has 0 aliphatic heterocycles. The van der Waals surface area contributed by atoms with Crippen LogP contribution in [0.4, 0.5) is 0 Å². The van der Waals surface area contributed by atoms with Gasteiger partial charge in [-0.2, -0.15) is 5.11 Å². The van der Waals surface area contributed by atoms with Crippen molar-refractivity contribution < 1.29 is 0 Å². The van der Waals surface area contributed by atoms with E-state index in [1.54, 1.807) is 0 Å². The van der Waals surface area contributed by atoms with E-state index in [1.807, 2.05) is 0 Å². The first-order valence-corrected chi connectivity index (χ1v) is 1.24. The van der Waals surface area contributed by atoms with Gasteiger partial charge in [0.2, 0.25) is 0 Å². The molecule has 2 N–H and O–H groups in total. The molecule has 0 unspecified atom stereocenters. The van der Waals surface area contributed by atoms with Crippen molar-refractivity contribution in [1.82, 2.24) is 0 Å². The lowest BCUT2D eigenvalue weighted by Crippen LogP contribution is -1.70. The van der Waals surface area contributed by atoms with Gasteiger partial charge in [0.25, 0.3) is 0 Å². The first-order chi connectivity index (χ1) is 2.41. The van der Waals surface area contributed by atoms with Gasteiger partial charge in [-0.3, -0.25) is 0 Å². The molecule has 0 atom stereocenters. The molecule has 0 aliphatic rings. The number of nitrogens with one attached hydrogen (secondary N) is 2. The van der Waals surface area contributed by atoms with Crippen LogP contribution in [0.25, 0.3) is 0 Å². The zero-order chi connectivity index (χ0) is 4.12. The highest BCUT2D eigenvalue weighted by atomic mass is 14.9. The van der Waals surface area contributed by atoms with E-state index in [9.17, 15) is 0 Å². The van der Waals surface area contributed by atoms with Crippen LogP contribution in [-0.4, -0.2) is 12.8 Å². The van der Waals surface area contributed by atoms with Gasteiger partial charge in [0.05, 0.1) is 6.54 Å². The number of rotatable bonds is 2. The van der Waals surface area contributed by atoms with E-state index in [1.165, 1.54) is 0 Å². The zero-order valence-electron chi connectivity index (χ0n) is 2.73. The lowest BCUT2D eigenvalue weighted by molar-refractivity contribution is 1.03. The van der Waals surface area contributed by atoms with E-state index in [-0.39, 0.29) is 6.54 Å². The summed E-state index contributed by atoms with van der Waals surface area (Å²) in [6, 6.07) is 0. The standard InChI is InChI=1S/C2H5N3/c3-1-2-5-4/h1,3-4H,2H2. The molecule has 0 saturated heterocycles. The molecule has 0 radical (unpaired) electrons. The van der Waals surface area contributed by atoms with Crippen molar-refractivity contribution in [3.05, 3.63) is 0 Å². The average Bonchev–Trinajstić information content (AvgIpc) is 1.41. The Kier molecular flexibility index (Phi) is 2.79. The van der Waals surface area contributed by atoms with Crippen molar-refractivity contribution in [3.8, 4) is 0 Å². The summed E-state index contributed by atoms with van der Waals surface area (Å²) >= 11 is 0. The van der Waals surface area contributed by atoms with Crippen molar-refractivity contribution >= 4 is 6.21 Å². The second-order valence-electron chi connectivity index (χ2n) is 0.545. The molecular formula is C2H5N3. The van der Waals surface area contributed by atoms with Gasteiger partial charge in [-0.05, 0) is 0 Å². The van der Waals surface area contributed by atoms with Crippen molar-refractivity contribution in [2.75, 3.05) is 6.54 Å². The fourth-order valence-corrected chi connectivity index (χ4v) is 0.0456. The molecule has 0 heterocycles. The van der Waals surface area contributed by atoms with Crippen LogP contribution in [0.2, 0.25) is 0 Å². The minimum atomic E-state index is 0.222. The van der Waals surface area contributed by atoms with Crippen molar-refractivity contribution in [1.29, 1.82) is 10.9 Å². The Hall–Kier alpha value is -0.730. The van der Waals surface area contributed by atoms with Crippen LogP contribution in [-0.2, 0) is 0 Å². The molecule has 0 spiro atoms. The van der Waals surface area contributed by atoms with Gasteiger partial charge in [0.15, 0.2) is 0 Å². The van der Waals surface area contributed by atoms with E-state index >= 15 is 0 Å². The first kappa shape index (κ1) is 4.27. The van der Waals surface area contributed by atoms with Gasteiger partial charge in [-0.25, -0.2) is 5.53 Å². The molecule has 0 bridgehead atoms. The number of hydrogen-bond acceptors (Lipinski definition) is 3. The molecule has 0 aliphatic carbocycles. The molecular weight excluding hydrogens is 66.0 g/mol. The van der Waals surface area contributed by atoms with Gasteiger partial charge in [-0.15, -0.1) is 0 Å². The maximum Gasteiger partial charge on any atom is 0.0941 e. The monoisotopic (exact) mass is 71.0 g/mol. The largest absolute Gasteiger partial charge is 0.311 e. The summed E-state index contributed by atoms with van der Waals surface area (Å²) in [7, 11) is 0. The molecule has 3 heteroatoms. The zero-order valence-corrected chi connectivity index (χ0v) is 2.73. The molecule has 0 amide bonds. The fourth-order valence-electron chi connectivity index (χ4n) is 0.0456. The Morgan fingerprint density at radius 3 is 2.40 bits per heavy atom. The summed E-state index contributed by atoms with van der Waals surface area (Å²) in [6.45, 7) is 0.222. The van der Waals surface area contributed by atoms with Crippen molar-refractivity contribution in [2.24, 2.45) is 5.11 Å². The lowest BCUT2D eigenvalue weighted by Gasteiger charge is -1.62. The van der Waals surface area contributed by atoms with Crippen LogP contribution in [0.1, 0.15) is 0 Å². The van der Waals surface area contributed by atoms with Crippen LogP contribution in [0.5, 0.6) is 0 Å². The third kappa shape index (κ3) is 3.27. The van der Waals surface area contributed by atoms with Gasteiger partial charge in [0, 0.05) is 6.21 Å². The van der Waals surface area contributed by atoms with E-state index in [4.69, 9.17) is 10.9 Å². The molecule has 3 nitrogen and oxygen atoms in total. The fraction of sp³-hybridized carbons (Fsp3) is 0.500. The summed E-state index contributed by atoms with van der Waals surface area (Å²) in [6.07, 6.45) is 1.08. The molecule has 0 rings (SSSR count). The molecule has 28 valence electrons. The van der Waals surface area contributed by atoms with E-state index < -0.39 is 0 Å². The summed E-state index contributed by atoms with van der Waals surface area (Å²) < 4.78 is 0. The molecule has 0 saturated carbocycles. The predicted molar refractivity (Wildman–Crippen MR) is 18.8 cm³/mol. The quantitative estimate of drug-likeness (QED) is 0.355. The summed E-state index contributed by atoms with van der Waals surface area (Å²) in [5.41, 5.74) is 6.08. The van der Waals surface area contributed by atoms with Crippen LogP contribution >= 0.6 is 0 Å². The number of hydrogen-bond donors (Lipinski definition) is 2. The van der Waals surface area contributed by atoms with Crippen LogP contribution in [0.3, 0.4) is 0 Å². The van der Waals surface area contributed by atoms with Gasteiger partial charge in [-0.1, -0.05) is 0 Å². The maximum atomic E-state index is 6.26. The van der Waals surface area contributed by atoms with Gasteiger partial charge in [0.1, 0.15) is 0 Å². The molecule has 0 fully saturated rings. The summed E-state index contributed by atoms with van der Waals surface area (Å²) in [5, 5.41) is 9.12. The Balaban J connectivity index is 2.65. The van der Waals surface area contributed by atoms with Gasteiger partial charge >= 0.3 is 0 Å². The van der Waals surface area contributed by atoms with Gasteiger partial charge < -0.3 is 5.41 Å². The van der Waals surface area contributed by atoms with Crippen molar-refractivity contribution in [3.63, 3.8) is 0 Å². The molecule has 5 heavy (non-hydrogen) atoms. The SMILES string of the molecule is N=CCN=N. The molecule has 0 aromatic rings. The van der Waals surface area contributed by atoms with Crippen LogP contribution in [0.15, 0.2) is 5.11 Å². The highest BCUT2D eigenvalue weighted by Crippen LogP contribution is 1.51. The van der Waals surface area contributed by atoms with Crippen molar-refractivity contribution in [2.45, 2.75) is 0 Å². The Morgan fingerprint density at radius 1 is 1.80 bits per heavy atom. The topological polar surface area (TPSA) is 60.1 Å². The highest BCUT2D eigenvalue weighted by molar-refractivity contribution is 5.55. The van der Waals surface area contributed by atoms with E-state index in [2.05, 4.69) is 5.11 Å². The third-order valence-corrected chi connectivity index (χ3v) is 0.183. The molecule has 0 aromatic carbocycles. The predicted octanol–water partition coefficient (Wildman–Crippen LogP) is 0.667. The normalized spacial score (nSPS) is 6.40. The summed E-state index contributed by atoms with van der Waals surface area (Å²) in [4.78, 5) is 0. The maximum absolute atomic E-state index is 6.26. The second-order valence-corrected chi connectivity index (χ2v) is 0.545. The van der Waals surface area contributed by atoms with Crippen LogP contribution < -0.4 is 0 Å². The Bertz CT molecular complexity index is 34.2.